The number of aromatic carboxylic acids is 1. The monoisotopic (exact) mass is 278 g/mol. The van der Waals surface area contributed by atoms with Gasteiger partial charge in [-0.1, -0.05) is 6.07 Å². The highest BCUT2D eigenvalue weighted by molar-refractivity contribution is 5.84. The predicted octanol–water partition coefficient (Wildman–Crippen LogP) is 2.57. The van der Waals surface area contributed by atoms with Crippen molar-refractivity contribution in [1.82, 2.24) is 0 Å². The zero-order valence-electron chi connectivity index (χ0n) is 11.1. The number of hydrogen-bond acceptors (Lipinski definition) is 5. The van der Waals surface area contributed by atoms with Crippen molar-refractivity contribution < 1.29 is 28.5 Å². The van der Waals surface area contributed by atoms with Crippen LogP contribution in [0.15, 0.2) is 34.7 Å². The molecule has 0 amide bonds. The van der Waals surface area contributed by atoms with Crippen molar-refractivity contribution in [2.45, 2.75) is 6.61 Å². The van der Waals surface area contributed by atoms with Crippen LogP contribution in [0.1, 0.15) is 16.3 Å². The summed E-state index contributed by atoms with van der Waals surface area (Å²) in [5.74, 6) is 0.631. The Hall–Kier alpha value is -2.63. The van der Waals surface area contributed by atoms with Crippen molar-refractivity contribution >= 4 is 5.97 Å². The first-order valence-electron chi connectivity index (χ1n) is 5.81. The van der Waals surface area contributed by atoms with Crippen LogP contribution in [-0.2, 0) is 6.61 Å². The van der Waals surface area contributed by atoms with Crippen molar-refractivity contribution in [1.29, 1.82) is 0 Å². The number of furan rings is 1. The van der Waals surface area contributed by atoms with Crippen LogP contribution >= 0.6 is 0 Å². The van der Waals surface area contributed by atoms with Gasteiger partial charge in [-0.25, -0.2) is 4.79 Å². The molecule has 1 aromatic carbocycles. The minimum atomic E-state index is -1.12. The molecular weight excluding hydrogens is 264 g/mol. The van der Waals surface area contributed by atoms with E-state index in [4.69, 9.17) is 23.7 Å². The molecule has 1 aromatic heterocycles. The molecule has 0 aliphatic rings. The van der Waals surface area contributed by atoms with Crippen molar-refractivity contribution in [3.63, 3.8) is 0 Å². The van der Waals surface area contributed by atoms with E-state index in [1.54, 1.807) is 24.3 Å². The third-order valence-electron chi connectivity index (χ3n) is 2.61. The number of para-hydroxylation sites is 1. The molecule has 1 N–H and O–H groups in total. The molecule has 2 aromatic rings. The molecule has 0 aliphatic carbocycles. The molecule has 0 spiro atoms. The molecule has 6 heteroatoms. The highest BCUT2D eigenvalue weighted by atomic mass is 16.5. The van der Waals surface area contributed by atoms with Gasteiger partial charge in [-0.15, -0.1) is 0 Å². The van der Waals surface area contributed by atoms with E-state index in [9.17, 15) is 4.79 Å². The summed E-state index contributed by atoms with van der Waals surface area (Å²) in [5, 5.41) is 8.77. The van der Waals surface area contributed by atoms with E-state index in [1.165, 1.54) is 20.3 Å². The molecule has 0 radical (unpaired) electrons. The predicted molar refractivity (Wildman–Crippen MR) is 69.5 cm³/mol. The molecule has 0 saturated heterocycles. The largest absolute Gasteiger partial charge is 0.493 e. The number of carboxylic acid groups (broad SMARTS) is 1. The third-order valence-corrected chi connectivity index (χ3v) is 2.61. The Morgan fingerprint density at radius 3 is 2.30 bits per heavy atom. The van der Waals surface area contributed by atoms with E-state index in [1.807, 2.05) is 0 Å². The Kier molecular flexibility index (Phi) is 4.14. The molecule has 0 saturated carbocycles. The Morgan fingerprint density at radius 1 is 1.15 bits per heavy atom. The fourth-order valence-corrected chi connectivity index (χ4v) is 1.67. The Balaban J connectivity index is 2.15. The Morgan fingerprint density at radius 2 is 1.80 bits per heavy atom. The average molecular weight is 278 g/mol. The molecule has 0 aliphatic heterocycles. The second-order valence-corrected chi connectivity index (χ2v) is 3.85. The topological polar surface area (TPSA) is 78.1 Å². The quantitative estimate of drug-likeness (QED) is 0.875. The van der Waals surface area contributed by atoms with Crippen LogP contribution in [0, 0.1) is 0 Å². The van der Waals surface area contributed by atoms with Crippen LogP contribution < -0.4 is 14.2 Å². The van der Waals surface area contributed by atoms with Crippen LogP contribution in [0.3, 0.4) is 0 Å². The number of carboxylic acids is 1. The average Bonchev–Trinajstić information content (AvgIpc) is 2.93. The van der Waals surface area contributed by atoms with Gasteiger partial charge in [0.1, 0.15) is 12.4 Å². The standard InChI is InChI=1S/C14H14O6/c1-17-10-4-3-5-11(18-2)13(10)19-8-9-6-7-12(20-9)14(15)16/h3-7H,8H2,1-2H3,(H,15,16). The number of benzene rings is 1. The maximum absolute atomic E-state index is 10.7. The maximum atomic E-state index is 10.7. The third kappa shape index (κ3) is 2.85. The number of ether oxygens (including phenoxy) is 3. The van der Waals surface area contributed by atoms with E-state index in [0.717, 1.165) is 0 Å². The molecule has 1 heterocycles. The molecule has 0 atom stereocenters. The number of hydrogen-bond donors (Lipinski definition) is 1. The first-order chi connectivity index (χ1) is 9.65. The fourth-order valence-electron chi connectivity index (χ4n) is 1.67. The molecule has 2 rings (SSSR count). The molecule has 6 nitrogen and oxygen atoms in total. The summed E-state index contributed by atoms with van der Waals surface area (Å²) < 4.78 is 21.1. The molecule has 20 heavy (non-hydrogen) atoms. The van der Waals surface area contributed by atoms with Crippen molar-refractivity contribution in [2.75, 3.05) is 14.2 Å². The summed E-state index contributed by atoms with van der Waals surface area (Å²) in [6.07, 6.45) is 0. The zero-order chi connectivity index (χ0) is 14.5. The summed E-state index contributed by atoms with van der Waals surface area (Å²) in [5.41, 5.74) is 0. The smallest absolute Gasteiger partial charge is 0.371 e. The first-order valence-corrected chi connectivity index (χ1v) is 5.81. The normalized spacial score (nSPS) is 10.1. The van der Waals surface area contributed by atoms with E-state index < -0.39 is 5.97 Å². The van der Waals surface area contributed by atoms with Crippen LogP contribution in [0.25, 0.3) is 0 Å². The lowest BCUT2D eigenvalue weighted by atomic mass is 10.3. The molecule has 106 valence electrons. The van der Waals surface area contributed by atoms with Gasteiger partial charge in [-0.2, -0.15) is 0 Å². The highest BCUT2D eigenvalue weighted by Crippen LogP contribution is 2.37. The molecular formula is C14H14O6. The van der Waals surface area contributed by atoms with Crippen LogP contribution in [0.2, 0.25) is 0 Å². The van der Waals surface area contributed by atoms with Crippen LogP contribution in [0.4, 0.5) is 0 Å². The fraction of sp³-hybridized carbons (Fsp3) is 0.214. The summed E-state index contributed by atoms with van der Waals surface area (Å²) in [7, 11) is 3.05. The van der Waals surface area contributed by atoms with Gasteiger partial charge in [0.05, 0.1) is 14.2 Å². The highest BCUT2D eigenvalue weighted by Gasteiger charge is 2.13. The van der Waals surface area contributed by atoms with Gasteiger partial charge in [0, 0.05) is 0 Å². The summed E-state index contributed by atoms with van der Waals surface area (Å²) in [4.78, 5) is 10.7. The van der Waals surface area contributed by atoms with Crippen LogP contribution in [-0.4, -0.2) is 25.3 Å². The summed E-state index contributed by atoms with van der Waals surface area (Å²) >= 11 is 0. The van der Waals surface area contributed by atoms with Gasteiger partial charge in [0.2, 0.25) is 11.5 Å². The minimum absolute atomic E-state index is 0.0734. The summed E-state index contributed by atoms with van der Waals surface area (Å²) in [6.45, 7) is 0.0734. The first kappa shape index (κ1) is 13.8. The SMILES string of the molecule is COc1cccc(OC)c1OCc1ccc(C(=O)O)o1. The van der Waals surface area contributed by atoms with Gasteiger partial charge in [0.25, 0.3) is 0 Å². The molecule has 0 fully saturated rings. The molecule has 0 unspecified atom stereocenters. The Labute approximate surface area is 115 Å². The lowest BCUT2D eigenvalue weighted by Gasteiger charge is -2.13. The number of carbonyl (C=O) groups is 1. The minimum Gasteiger partial charge on any atom is -0.493 e. The van der Waals surface area contributed by atoms with Gasteiger partial charge >= 0.3 is 5.97 Å². The second-order valence-electron chi connectivity index (χ2n) is 3.85. The zero-order valence-corrected chi connectivity index (χ0v) is 11.1. The maximum Gasteiger partial charge on any atom is 0.371 e. The van der Waals surface area contributed by atoms with Gasteiger partial charge in [-0.05, 0) is 24.3 Å². The van der Waals surface area contributed by atoms with Gasteiger partial charge in [-0.3, -0.25) is 0 Å². The van der Waals surface area contributed by atoms with Crippen molar-refractivity contribution in [2.24, 2.45) is 0 Å². The number of methoxy groups -OCH3 is 2. The van der Waals surface area contributed by atoms with E-state index in [2.05, 4.69) is 0 Å². The van der Waals surface area contributed by atoms with Gasteiger partial charge < -0.3 is 23.7 Å². The lowest BCUT2D eigenvalue weighted by molar-refractivity contribution is 0.0658. The number of rotatable bonds is 6. The van der Waals surface area contributed by atoms with E-state index in [0.29, 0.717) is 23.0 Å². The van der Waals surface area contributed by atoms with Crippen molar-refractivity contribution in [3.8, 4) is 17.2 Å². The summed E-state index contributed by atoms with van der Waals surface area (Å²) in [6, 6.07) is 8.18. The lowest BCUT2D eigenvalue weighted by Crippen LogP contribution is -1.99. The van der Waals surface area contributed by atoms with E-state index in [-0.39, 0.29) is 12.4 Å². The van der Waals surface area contributed by atoms with E-state index >= 15 is 0 Å². The Bertz CT molecular complexity index is 579. The van der Waals surface area contributed by atoms with Crippen molar-refractivity contribution in [3.05, 3.63) is 41.9 Å². The van der Waals surface area contributed by atoms with Crippen LogP contribution in [0.5, 0.6) is 17.2 Å². The van der Waals surface area contributed by atoms with Gasteiger partial charge in [0.15, 0.2) is 11.5 Å². The second kappa shape index (κ2) is 6.01. The molecule has 0 bridgehead atoms.